The highest BCUT2D eigenvalue weighted by atomic mass is 32.2. The molecule has 0 aliphatic carbocycles. The first-order chi connectivity index (χ1) is 9.65. The summed E-state index contributed by atoms with van der Waals surface area (Å²) in [6.45, 7) is 4.93. The van der Waals surface area contributed by atoms with E-state index in [1.807, 2.05) is 49.4 Å². The van der Waals surface area contributed by atoms with Gasteiger partial charge in [-0.2, -0.15) is 0 Å². The van der Waals surface area contributed by atoms with Gasteiger partial charge in [-0.05, 0) is 31.5 Å². The smallest absolute Gasteiger partial charge is 0.0545 e. The maximum atomic E-state index is 12.2. The van der Waals surface area contributed by atoms with Crippen molar-refractivity contribution in [2.24, 2.45) is 0 Å². The van der Waals surface area contributed by atoms with Crippen LogP contribution in [0.2, 0.25) is 0 Å². The molecule has 0 saturated carbocycles. The van der Waals surface area contributed by atoms with Crippen molar-refractivity contribution in [3.8, 4) is 0 Å². The zero-order valence-electron chi connectivity index (χ0n) is 12.0. The molecule has 0 aliphatic rings. The van der Waals surface area contributed by atoms with Crippen LogP contribution < -0.4 is 5.32 Å². The average molecular weight is 287 g/mol. The predicted molar refractivity (Wildman–Crippen MR) is 85.2 cm³/mol. The SMILES string of the molecule is Cc1ccc(S(=O)C[C@@H](C)NCc2ccccc2)cc1. The Kier molecular flexibility index (Phi) is 5.50. The summed E-state index contributed by atoms with van der Waals surface area (Å²) in [5.41, 5.74) is 2.45. The fraction of sp³-hybridized carbons (Fsp3) is 0.294. The molecule has 0 aliphatic heterocycles. The third kappa shape index (κ3) is 4.58. The summed E-state index contributed by atoms with van der Waals surface area (Å²) in [7, 11) is -0.942. The van der Waals surface area contributed by atoms with Crippen molar-refractivity contribution in [3.05, 3.63) is 65.7 Å². The second-order valence-corrected chi connectivity index (χ2v) is 6.59. The van der Waals surface area contributed by atoms with Crippen molar-refractivity contribution >= 4 is 10.8 Å². The molecule has 2 nitrogen and oxygen atoms in total. The molecule has 0 radical (unpaired) electrons. The molecule has 0 bridgehead atoms. The summed E-state index contributed by atoms with van der Waals surface area (Å²) in [6.07, 6.45) is 0. The molecule has 1 unspecified atom stereocenters. The summed E-state index contributed by atoms with van der Waals surface area (Å²) < 4.78 is 12.2. The van der Waals surface area contributed by atoms with E-state index in [2.05, 4.69) is 24.4 Å². The van der Waals surface area contributed by atoms with E-state index in [1.54, 1.807) is 0 Å². The average Bonchev–Trinajstić information content (AvgIpc) is 2.47. The van der Waals surface area contributed by atoms with Crippen molar-refractivity contribution < 1.29 is 4.21 Å². The van der Waals surface area contributed by atoms with Crippen molar-refractivity contribution in [2.45, 2.75) is 31.3 Å². The van der Waals surface area contributed by atoms with E-state index >= 15 is 0 Å². The molecule has 0 amide bonds. The quantitative estimate of drug-likeness (QED) is 0.883. The number of aryl methyl sites for hydroxylation is 1. The van der Waals surface area contributed by atoms with E-state index in [-0.39, 0.29) is 6.04 Å². The van der Waals surface area contributed by atoms with Crippen LogP contribution >= 0.6 is 0 Å². The number of hydrogen-bond donors (Lipinski definition) is 1. The Morgan fingerprint density at radius 3 is 2.35 bits per heavy atom. The Morgan fingerprint density at radius 1 is 1.05 bits per heavy atom. The van der Waals surface area contributed by atoms with Crippen LogP contribution in [-0.4, -0.2) is 16.0 Å². The van der Waals surface area contributed by atoms with Crippen molar-refractivity contribution in [3.63, 3.8) is 0 Å². The first-order valence-electron chi connectivity index (χ1n) is 6.87. The van der Waals surface area contributed by atoms with Crippen molar-refractivity contribution in [1.29, 1.82) is 0 Å². The first-order valence-corrected chi connectivity index (χ1v) is 8.19. The van der Waals surface area contributed by atoms with Gasteiger partial charge in [0.1, 0.15) is 0 Å². The number of nitrogens with one attached hydrogen (secondary N) is 1. The molecule has 2 rings (SSSR count). The van der Waals surface area contributed by atoms with Crippen LogP contribution in [0.3, 0.4) is 0 Å². The van der Waals surface area contributed by atoms with E-state index in [0.717, 1.165) is 11.4 Å². The summed E-state index contributed by atoms with van der Waals surface area (Å²) >= 11 is 0. The zero-order chi connectivity index (χ0) is 14.4. The van der Waals surface area contributed by atoms with E-state index in [9.17, 15) is 4.21 Å². The highest BCUT2D eigenvalue weighted by Gasteiger charge is 2.09. The molecular weight excluding hydrogens is 266 g/mol. The van der Waals surface area contributed by atoms with Gasteiger partial charge < -0.3 is 5.32 Å². The second-order valence-electron chi connectivity index (χ2n) is 5.09. The molecule has 2 atom stereocenters. The predicted octanol–water partition coefficient (Wildman–Crippen LogP) is 3.28. The first kappa shape index (κ1) is 14.9. The minimum Gasteiger partial charge on any atom is -0.309 e. The highest BCUT2D eigenvalue weighted by molar-refractivity contribution is 7.85. The molecule has 0 aromatic heterocycles. The van der Waals surface area contributed by atoms with Crippen LogP contribution in [0.1, 0.15) is 18.1 Å². The van der Waals surface area contributed by atoms with Crippen LogP contribution in [-0.2, 0) is 17.3 Å². The molecule has 0 fully saturated rings. The van der Waals surface area contributed by atoms with E-state index < -0.39 is 10.8 Å². The van der Waals surface area contributed by atoms with Gasteiger partial charge in [-0.25, -0.2) is 0 Å². The largest absolute Gasteiger partial charge is 0.309 e. The van der Waals surface area contributed by atoms with Gasteiger partial charge in [0.05, 0.1) is 10.8 Å². The molecule has 106 valence electrons. The molecule has 20 heavy (non-hydrogen) atoms. The van der Waals surface area contributed by atoms with Crippen LogP contribution in [0.25, 0.3) is 0 Å². The summed E-state index contributed by atoms with van der Waals surface area (Å²) in [4.78, 5) is 0.906. The fourth-order valence-electron chi connectivity index (χ4n) is 1.96. The van der Waals surface area contributed by atoms with Crippen LogP contribution in [0.4, 0.5) is 0 Å². The minimum absolute atomic E-state index is 0.220. The van der Waals surface area contributed by atoms with Gasteiger partial charge in [0, 0.05) is 23.2 Å². The molecule has 1 N–H and O–H groups in total. The molecule has 3 heteroatoms. The molecule has 0 saturated heterocycles. The molecule has 0 heterocycles. The third-order valence-electron chi connectivity index (χ3n) is 3.18. The van der Waals surface area contributed by atoms with E-state index in [4.69, 9.17) is 0 Å². The number of rotatable bonds is 6. The number of benzene rings is 2. The minimum atomic E-state index is -0.942. The van der Waals surface area contributed by atoms with Gasteiger partial charge >= 0.3 is 0 Å². The van der Waals surface area contributed by atoms with E-state index in [1.165, 1.54) is 11.1 Å². The van der Waals surface area contributed by atoms with Crippen molar-refractivity contribution in [2.75, 3.05) is 5.75 Å². The Labute approximate surface area is 123 Å². The molecule has 2 aromatic rings. The molecule has 0 spiro atoms. The Balaban J connectivity index is 1.83. The molecular formula is C17H21NOS. The number of hydrogen-bond acceptors (Lipinski definition) is 2. The Bertz CT molecular complexity index is 551. The summed E-state index contributed by atoms with van der Waals surface area (Å²) in [6, 6.07) is 18.4. The van der Waals surface area contributed by atoms with Gasteiger partial charge in [-0.3, -0.25) is 4.21 Å². The lowest BCUT2D eigenvalue weighted by Crippen LogP contribution is -2.30. The molecule has 2 aromatic carbocycles. The van der Waals surface area contributed by atoms with Crippen LogP contribution in [0, 0.1) is 6.92 Å². The van der Waals surface area contributed by atoms with Gasteiger partial charge in [0.15, 0.2) is 0 Å². The maximum absolute atomic E-state index is 12.2. The standard InChI is InChI=1S/C17H21NOS/c1-14-8-10-17(11-9-14)20(19)13-15(2)18-12-16-6-4-3-5-7-16/h3-11,15,18H,12-13H2,1-2H3/t15-,20?/m1/s1. The Hall–Kier alpha value is -1.45. The van der Waals surface area contributed by atoms with Crippen LogP contribution in [0.15, 0.2) is 59.5 Å². The van der Waals surface area contributed by atoms with Gasteiger partial charge in [0.2, 0.25) is 0 Å². The maximum Gasteiger partial charge on any atom is 0.0545 e. The fourth-order valence-corrected chi connectivity index (χ4v) is 3.16. The lowest BCUT2D eigenvalue weighted by Gasteiger charge is -2.13. The Morgan fingerprint density at radius 2 is 1.70 bits per heavy atom. The van der Waals surface area contributed by atoms with Crippen LogP contribution in [0.5, 0.6) is 0 Å². The third-order valence-corrected chi connectivity index (χ3v) is 4.78. The summed E-state index contributed by atoms with van der Waals surface area (Å²) in [5, 5.41) is 3.42. The van der Waals surface area contributed by atoms with Gasteiger partial charge in [-0.15, -0.1) is 0 Å². The lowest BCUT2D eigenvalue weighted by atomic mass is 10.2. The highest BCUT2D eigenvalue weighted by Crippen LogP contribution is 2.09. The van der Waals surface area contributed by atoms with Gasteiger partial charge in [-0.1, -0.05) is 48.0 Å². The van der Waals surface area contributed by atoms with E-state index in [0.29, 0.717) is 5.75 Å². The normalized spacial score (nSPS) is 13.9. The monoisotopic (exact) mass is 287 g/mol. The lowest BCUT2D eigenvalue weighted by molar-refractivity contribution is 0.586. The summed E-state index contributed by atoms with van der Waals surface area (Å²) in [5.74, 6) is 0.635. The topological polar surface area (TPSA) is 29.1 Å². The second kappa shape index (κ2) is 7.36. The van der Waals surface area contributed by atoms with Gasteiger partial charge in [0.25, 0.3) is 0 Å². The van der Waals surface area contributed by atoms with Crippen molar-refractivity contribution in [1.82, 2.24) is 5.32 Å². The zero-order valence-corrected chi connectivity index (χ0v) is 12.8.